The van der Waals surface area contributed by atoms with Gasteiger partial charge in [0.1, 0.15) is 5.75 Å². The fourth-order valence-corrected chi connectivity index (χ4v) is 4.00. The summed E-state index contributed by atoms with van der Waals surface area (Å²) in [6.07, 6.45) is 20.9. The SMILES string of the molecule is CCCCCCCCCCCCCCCCC(Br)c1ccc(O)cc1.S. The minimum absolute atomic E-state index is 0. The highest BCUT2D eigenvalue weighted by Crippen LogP contribution is 2.29. The third-order valence-corrected chi connectivity index (χ3v) is 6.05. The van der Waals surface area contributed by atoms with Crippen molar-refractivity contribution in [2.24, 2.45) is 0 Å². The predicted octanol–water partition coefficient (Wildman–Crippen LogP) is 8.81. The summed E-state index contributed by atoms with van der Waals surface area (Å²) in [7, 11) is 0. The van der Waals surface area contributed by atoms with Gasteiger partial charge in [-0.05, 0) is 24.1 Å². The number of phenolic OH excluding ortho intramolecular Hbond substituents is 1. The number of alkyl halides is 1. The molecule has 1 N–H and O–H groups in total. The van der Waals surface area contributed by atoms with E-state index in [0.717, 1.165) is 0 Å². The van der Waals surface area contributed by atoms with Crippen LogP contribution >= 0.6 is 29.4 Å². The molecule has 0 saturated heterocycles. The predicted molar refractivity (Wildman–Crippen MR) is 125 cm³/mol. The van der Waals surface area contributed by atoms with Gasteiger partial charge in [-0.1, -0.05) is 125 Å². The molecule has 1 unspecified atom stereocenters. The molecule has 0 heterocycles. The first-order valence-corrected chi connectivity index (χ1v) is 11.6. The van der Waals surface area contributed by atoms with Crippen molar-refractivity contribution in [3.05, 3.63) is 29.8 Å². The van der Waals surface area contributed by atoms with Crippen molar-refractivity contribution in [3.8, 4) is 5.75 Å². The summed E-state index contributed by atoms with van der Waals surface area (Å²) in [6.45, 7) is 2.29. The van der Waals surface area contributed by atoms with Crippen LogP contribution in [0.2, 0.25) is 0 Å². The highest BCUT2D eigenvalue weighted by molar-refractivity contribution is 9.09. The zero-order chi connectivity index (χ0) is 18.2. The summed E-state index contributed by atoms with van der Waals surface area (Å²) < 4.78 is 0. The van der Waals surface area contributed by atoms with Gasteiger partial charge < -0.3 is 5.11 Å². The van der Waals surface area contributed by atoms with Crippen molar-refractivity contribution in [1.29, 1.82) is 0 Å². The third kappa shape index (κ3) is 14.0. The molecular formula is C23H41BrOS. The highest BCUT2D eigenvalue weighted by Gasteiger charge is 2.06. The summed E-state index contributed by atoms with van der Waals surface area (Å²) in [5.74, 6) is 0.347. The van der Waals surface area contributed by atoms with E-state index in [1.807, 2.05) is 12.1 Å². The molecule has 1 aromatic rings. The molecule has 26 heavy (non-hydrogen) atoms. The average Bonchev–Trinajstić information content (AvgIpc) is 2.62. The number of benzene rings is 1. The number of phenols is 1. The summed E-state index contributed by atoms with van der Waals surface area (Å²) in [6, 6.07) is 7.57. The lowest BCUT2D eigenvalue weighted by Gasteiger charge is -2.10. The Morgan fingerprint density at radius 1 is 0.692 bits per heavy atom. The van der Waals surface area contributed by atoms with Crippen LogP contribution in [0.5, 0.6) is 5.75 Å². The summed E-state index contributed by atoms with van der Waals surface area (Å²) >= 11 is 3.77. The van der Waals surface area contributed by atoms with Crippen LogP contribution in [0.4, 0.5) is 0 Å². The maximum atomic E-state index is 9.33. The van der Waals surface area contributed by atoms with Crippen LogP contribution in [-0.4, -0.2) is 5.11 Å². The van der Waals surface area contributed by atoms with Crippen LogP contribution in [0.1, 0.15) is 114 Å². The van der Waals surface area contributed by atoms with E-state index >= 15 is 0 Å². The zero-order valence-electron chi connectivity index (χ0n) is 16.8. The van der Waals surface area contributed by atoms with Crippen LogP contribution in [0.25, 0.3) is 0 Å². The van der Waals surface area contributed by atoms with E-state index < -0.39 is 0 Å². The highest BCUT2D eigenvalue weighted by atomic mass is 79.9. The average molecular weight is 446 g/mol. The lowest BCUT2D eigenvalue weighted by Crippen LogP contribution is -1.90. The monoisotopic (exact) mass is 444 g/mol. The van der Waals surface area contributed by atoms with E-state index in [-0.39, 0.29) is 13.5 Å². The van der Waals surface area contributed by atoms with Gasteiger partial charge in [0.25, 0.3) is 0 Å². The van der Waals surface area contributed by atoms with E-state index in [0.29, 0.717) is 10.6 Å². The van der Waals surface area contributed by atoms with Crippen molar-refractivity contribution in [2.45, 2.75) is 108 Å². The minimum Gasteiger partial charge on any atom is -0.508 e. The third-order valence-electron chi connectivity index (χ3n) is 5.07. The molecule has 1 nitrogen and oxygen atoms in total. The molecule has 1 aromatic carbocycles. The molecule has 0 spiro atoms. The largest absolute Gasteiger partial charge is 0.508 e. The Labute approximate surface area is 177 Å². The molecule has 1 rings (SSSR count). The van der Waals surface area contributed by atoms with Crippen LogP contribution in [0, 0.1) is 0 Å². The lowest BCUT2D eigenvalue weighted by atomic mass is 10.0. The standard InChI is InChI=1S/C23H39BrO.H2S/c1-2-3-4-5-6-7-8-9-10-11-12-13-14-15-16-23(24)21-17-19-22(25)20-18-21;/h17-20,23,25H,2-16H2,1H3;1H2. The van der Waals surface area contributed by atoms with Gasteiger partial charge in [-0.15, -0.1) is 0 Å². The number of hydrogen-bond donors (Lipinski definition) is 1. The van der Waals surface area contributed by atoms with Crippen LogP contribution < -0.4 is 0 Å². The van der Waals surface area contributed by atoms with Gasteiger partial charge in [0.2, 0.25) is 0 Å². The van der Waals surface area contributed by atoms with E-state index in [2.05, 4.69) is 22.9 Å². The van der Waals surface area contributed by atoms with Crippen molar-refractivity contribution < 1.29 is 5.11 Å². The molecule has 0 bridgehead atoms. The van der Waals surface area contributed by atoms with E-state index in [4.69, 9.17) is 0 Å². The number of unbranched alkanes of at least 4 members (excludes halogenated alkanes) is 13. The Morgan fingerprint density at radius 2 is 1.08 bits per heavy atom. The van der Waals surface area contributed by atoms with Crippen molar-refractivity contribution in [3.63, 3.8) is 0 Å². The van der Waals surface area contributed by atoms with Crippen molar-refractivity contribution in [2.75, 3.05) is 0 Å². The molecule has 3 heteroatoms. The summed E-state index contributed by atoms with van der Waals surface area (Å²) in [4.78, 5) is 0.422. The lowest BCUT2D eigenvalue weighted by molar-refractivity contribution is 0.475. The van der Waals surface area contributed by atoms with Crippen molar-refractivity contribution in [1.82, 2.24) is 0 Å². The van der Waals surface area contributed by atoms with Crippen LogP contribution in [-0.2, 0) is 0 Å². The fraction of sp³-hybridized carbons (Fsp3) is 0.739. The Balaban J connectivity index is 0.00000625. The van der Waals surface area contributed by atoms with Gasteiger partial charge >= 0.3 is 0 Å². The number of aromatic hydroxyl groups is 1. The molecule has 0 aromatic heterocycles. The quantitative estimate of drug-likeness (QED) is 0.199. The first kappa shape index (κ1) is 25.9. The molecule has 0 fully saturated rings. The first-order valence-electron chi connectivity index (χ1n) is 10.7. The zero-order valence-corrected chi connectivity index (χ0v) is 19.4. The van der Waals surface area contributed by atoms with Crippen LogP contribution in [0.15, 0.2) is 24.3 Å². The maximum absolute atomic E-state index is 9.33. The molecule has 0 amide bonds. The second kappa shape index (κ2) is 18.2. The summed E-state index contributed by atoms with van der Waals surface area (Å²) in [5, 5.41) is 9.33. The second-order valence-corrected chi connectivity index (χ2v) is 8.55. The molecule has 0 radical (unpaired) electrons. The molecule has 152 valence electrons. The van der Waals surface area contributed by atoms with E-state index in [1.54, 1.807) is 12.1 Å². The number of hydrogen-bond acceptors (Lipinski definition) is 1. The smallest absolute Gasteiger partial charge is 0.115 e. The first-order chi connectivity index (χ1) is 12.2. The number of rotatable bonds is 16. The molecule has 0 aliphatic carbocycles. The fourth-order valence-electron chi connectivity index (χ4n) is 3.37. The molecule has 0 saturated carbocycles. The normalized spacial score (nSPS) is 11.9. The topological polar surface area (TPSA) is 20.2 Å². The Bertz CT molecular complexity index is 407. The molecule has 0 aliphatic heterocycles. The maximum Gasteiger partial charge on any atom is 0.115 e. The van der Waals surface area contributed by atoms with E-state index in [1.165, 1.54) is 102 Å². The summed E-state index contributed by atoms with van der Waals surface area (Å²) in [5.41, 5.74) is 1.27. The molecule has 1 atom stereocenters. The van der Waals surface area contributed by atoms with Gasteiger partial charge in [0.15, 0.2) is 0 Å². The number of halogens is 1. The van der Waals surface area contributed by atoms with Crippen molar-refractivity contribution >= 4 is 29.4 Å². The minimum atomic E-state index is 0. The second-order valence-electron chi connectivity index (χ2n) is 7.44. The van der Waals surface area contributed by atoms with Gasteiger partial charge in [-0.25, -0.2) is 0 Å². The van der Waals surface area contributed by atoms with Gasteiger partial charge in [-0.3, -0.25) is 0 Å². The van der Waals surface area contributed by atoms with Crippen LogP contribution in [0.3, 0.4) is 0 Å². The Kier molecular flexibility index (Phi) is 18.1. The van der Waals surface area contributed by atoms with E-state index in [9.17, 15) is 5.11 Å². The van der Waals surface area contributed by atoms with Gasteiger partial charge in [-0.2, -0.15) is 13.5 Å². The molecular weight excluding hydrogens is 404 g/mol. The molecule has 0 aliphatic rings. The Hall–Kier alpha value is -0.150. The van der Waals surface area contributed by atoms with Gasteiger partial charge in [0, 0.05) is 4.83 Å². The Morgan fingerprint density at radius 3 is 1.50 bits per heavy atom. The van der Waals surface area contributed by atoms with Gasteiger partial charge in [0.05, 0.1) is 0 Å².